The third-order valence-electron chi connectivity index (χ3n) is 5.81. The molecule has 2 saturated carbocycles. The van der Waals surface area contributed by atoms with E-state index in [0.717, 1.165) is 53.5 Å². The number of rotatable bonds is 7. The fraction of sp³-hybridized carbons (Fsp3) is 0.391. The average molecular weight is 441 g/mol. The summed E-state index contributed by atoms with van der Waals surface area (Å²) in [5.41, 5.74) is 2.99. The molecule has 2 aliphatic carbocycles. The molecule has 8 heteroatoms. The van der Waals surface area contributed by atoms with Crippen molar-refractivity contribution in [1.29, 1.82) is 0 Å². The van der Waals surface area contributed by atoms with Crippen molar-refractivity contribution in [1.82, 2.24) is 14.3 Å². The molecule has 0 saturated heterocycles. The smallest absolute Gasteiger partial charge is 0.211 e. The first-order valence-electron chi connectivity index (χ1n) is 10.6. The highest BCUT2D eigenvalue weighted by Crippen LogP contribution is 2.34. The molecule has 0 atom stereocenters. The zero-order valence-electron chi connectivity index (χ0n) is 17.6. The van der Waals surface area contributed by atoms with Crippen molar-refractivity contribution in [2.24, 2.45) is 0 Å². The fourth-order valence-corrected chi connectivity index (χ4v) is 5.00. The molecule has 0 bridgehead atoms. The van der Waals surface area contributed by atoms with Crippen LogP contribution in [0.25, 0.3) is 22.0 Å². The van der Waals surface area contributed by atoms with Gasteiger partial charge in [0, 0.05) is 29.6 Å². The third-order valence-corrected chi connectivity index (χ3v) is 7.09. The van der Waals surface area contributed by atoms with E-state index in [4.69, 9.17) is 0 Å². The number of benzene rings is 2. The van der Waals surface area contributed by atoms with Gasteiger partial charge in [-0.05, 0) is 68.0 Å². The Labute approximate surface area is 181 Å². The predicted molar refractivity (Wildman–Crippen MR) is 120 cm³/mol. The summed E-state index contributed by atoms with van der Waals surface area (Å²) in [5.74, 6) is 1.15. The molecule has 0 spiro atoms. The van der Waals surface area contributed by atoms with Gasteiger partial charge in [0.15, 0.2) is 0 Å². The van der Waals surface area contributed by atoms with Gasteiger partial charge in [-0.15, -0.1) is 0 Å². The van der Waals surface area contributed by atoms with Gasteiger partial charge in [-0.3, -0.25) is 0 Å². The molecule has 2 aromatic carbocycles. The van der Waals surface area contributed by atoms with E-state index in [1.54, 1.807) is 12.1 Å². The Balaban J connectivity index is 1.52. The van der Waals surface area contributed by atoms with Crippen LogP contribution in [0.5, 0.6) is 0 Å². The second-order valence-corrected chi connectivity index (χ2v) is 10.6. The zero-order valence-corrected chi connectivity index (χ0v) is 18.4. The van der Waals surface area contributed by atoms with Crippen LogP contribution >= 0.6 is 0 Å². The minimum Gasteiger partial charge on any atom is -0.367 e. The molecule has 1 heterocycles. The van der Waals surface area contributed by atoms with Gasteiger partial charge in [0.2, 0.25) is 10.0 Å². The highest BCUT2D eigenvalue weighted by molar-refractivity contribution is 7.88. The van der Waals surface area contributed by atoms with E-state index in [1.165, 1.54) is 16.6 Å². The lowest BCUT2D eigenvalue weighted by molar-refractivity contribution is 0.395. The van der Waals surface area contributed by atoms with E-state index in [2.05, 4.69) is 15.3 Å². The number of aromatic nitrogens is 2. The first-order chi connectivity index (χ1) is 14.8. The van der Waals surface area contributed by atoms with Crippen LogP contribution in [0.3, 0.4) is 0 Å². The lowest BCUT2D eigenvalue weighted by atomic mass is 10.0. The number of aryl methyl sites for hydroxylation is 1. The maximum absolute atomic E-state index is 14.6. The normalized spacial score (nSPS) is 16.8. The Kier molecular flexibility index (Phi) is 4.94. The first kappa shape index (κ1) is 20.3. The monoisotopic (exact) mass is 440 g/mol. The molecule has 162 valence electrons. The molecule has 2 aliphatic rings. The van der Waals surface area contributed by atoms with Crippen LogP contribution in [-0.2, 0) is 16.6 Å². The summed E-state index contributed by atoms with van der Waals surface area (Å²) < 4.78 is 40.3. The molecule has 2 fully saturated rings. The lowest BCUT2D eigenvalue weighted by Crippen LogP contribution is -2.31. The summed E-state index contributed by atoms with van der Waals surface area (Å²) in [4.78, 5) is 9.12. The van der Waals surface area contributed by atoms with Crippen molar-refractivity contribution in [3.05, 3.63) is 53.6 Å². The number of hydrogen-bond acceptors (Lipinski definition) is 5. The van der Waals surface area contributed by atoms with Gasteiger partial charge < -0.3 is 5.32 Å². The minimum atomic E-state index is -3.40. The van der Waals surface area contributed by atoms with Crippen molar-refractivity contribution >= 4 is 26.7 Å². The average Bonchev–Trinajstić information content (AvgIpc) is 3.61. The van der Waals surface area contributed by atoms with Gasteiger partial charge in [-0.2, -0.15) is 4.31 Å². The Morgan fingerprint density at radius 3 is 2.45 bits per heavy atom. The van der Waals surface area contributed by atoms with Crippen LogP contribution < -0.4 is 5.32 Å². The van der Waals surface area contributed by atoms with E-state index < -0.39 is 15.8 Å². The van der Waals surface area contributed by atoms with Crippen molar-refractivity contribution < 1.29 is 12.8 Å². The Morgan fingerprint density at radius 2 is 1.77 bits per heavy atom. The van der Waals surface area contributed by atoms with E-state index in [0.29, 0.717) is 17.4 Å². The largest absolute Gasteiger partial charge is 0.367 e. The number of fused-ring (bicyclic) bond motifs is 1. The van der Waals surface area contributed by atoms with E-state index >= 15 is 0 Å². The van der Waals surface area contributed by atoms with Gasteiger partial charge in [0.05, 0.1) is 11.8 Å². The summed E-state index contributed by atoms with van der Waals surface area (Å²) in [6, 6.07) is 11.3. The number of anilines is 1. The highest BCUT2D eigenvalue weighted by atomic mass is 32.2. The number of nitrogens with one attached hydrogen (secondary N) is 1. The Hall–Kier alpha value is -2.58. The van der Waals surface area contributed by atoms with Gasteiger partial charge in [0.25, 0.3) is 0 Å². The van der Waals surface area contributed by atoms with Gasteiger partial charge in [-0.25, -0.2) is 22.8 Å². The molecule has 0 unspecified atom stereocenters. The number of hydrogen-bond donors (Lipinski definition) is 1. The van der Waals surface area contributed by atoms with Gasteiger partial charge >= 0.3 is 0 Å². The molecule has 0 amide bonds. The second-order valence-electron chi connectivity index (χ2n) is 8.62. The predicted octanol–water partition coefficient (Wildman–Crippen LogP) is 4.24. The summed E-state index contributed by atoms with van der Waals surface area (Å²) in [6.07, 6.45) is 5.13. The van der Waals surface area contributed by atoms with Crippen LogP contribution in [0.1, 0.15) is 37.1 Å². The van der Waals surface area contributed by atoms with Crippen LogP contribution in [0.15, 0.2) is 36.4 Å². The van der Waals surface area contributed by atoms with Crippen molar-refractivity contribution in [2.75, 3.05) is 11.6 Å². The standard InChI is InChI=1S/C23H25FN4O2S/c1-14-25-22-10-4-16(12-20(22)23(26-14)27-18-5-6-18)15-3-9-21(24)17(11-15)13-28(19-7-8-19)31(2,29)30/h3-4,9-12,18-19H,5-8,13H2,1-2H3,(H,25,26,27). The molecule has 1 aromatic heterocycles. The number of nitrogens with zero attached hydrogens (tertiary/aromatic N) is 3. The molecule has 31 heavy (non-hydrogen) atoms. The maximum Gasteiger partial charge on any atom is 0.211 e. The Morgan fingerprint density at radius 1 is 1.06 bits per heavy atom. The molecular weight excluding hydrogens is 415 g/mol. The molecular formula is C23H25FN4O2S. The van der Waals surface area contributed by atoms with Crippen molar-refractivity contribution in [3.63, 3.8) is 0 Å². The van der Waals surface area contributed by atoms with E-state index in [-0.39, 0.29) is 12.6 Å². The minimum absolute atomic E-state index is 0.0184. The maximum atomic E-state index is 14.6. The Bertz CT molecular complexity index is 1270. The summed E-state index contributed by atoms with van der Waals surface area (Å²) in [7, 11) is -3.40. The summed E-state index contributed by atoms with van der Waals surface area (Å²) in [5, 5.41) is 4.40. The molecule has 0 aliphatic heterocycles. The first-order valence-corrected chi connectivity index (χ1v) is 12.4. The van der Waals surface area contributed by atoms with Crippen LogP contribution in [-0.4, -0.2) is 41.0 Å². The fourth-order valence-electron chi connectivity index (χ4n) is 3.88. The number of halogens is 1. The molecule has 1 N–H and O–H groups in total. The van der Waals surface area contributed by atoms with Crippen molar-refractivity contribution in [2.45, 2.75) is 51.2 Å². The lowest BCUT2D eigenvalue weighted by Gasteiger charge is -2.20. The van der Waals surface area contributed by atoms with E-state index in [9.17, 15) is 12.8 Å². The van der Waals surface area contributed by atoms with Gasteiger partial charge in [-0.1, -0.05) is 12.1 Å². The van der Waals surface area contributed by atoms with Crippen LogP contribution in [0.2, 0.25) is 0 Å². The quantitative estimate of drug-likeness (QED) is 0.595. The van der Waals surface area contributed by atoms with Gasteiger partial charge in [0.1, 0.15) is 17.5 Å². The molecule has 3 aromatic rings. The van der Waals surface area contributed by atoms with Crippen LogP contribution in [0.4, 0.5) is 10.2 Å². The molecule has 0 radical (unpaired) electrons. The third kappa shape index (κ3) is 4.41. The van der Waals surface area contributed by atoms with E-state index in [1.807, 2.05) is 25.1 Å². The topological polar surface area (TPSA) is 75.2 Å². The van der Waals surface area contributed by atoms with Crippen molar-refractivity contribution in [3.8, 4) is 11.1 Å². The molecule has 5 rings (SSSR count). The molecule has 6 nitrogen and oxygen atoms in total. The number of sulfonamides is 1. The highest BCUT2D eigenvalue weighted by Gasteiger charge is 2.35. The second kappa shape index (κ2) is 7.53. The van der Waals surface area contributed by atoms with Crippen LogP contribution in [0, 0.1) is 12.7 Å². The summed E-state index contributed by atoms with van der Waals surface area (Å²) >= 11 is 0. The zero-order chi connectivity index (χ0) is 21.8. The SMILES string of the molecule is Cc1nc(NC2CC2)c2cc(-c3ccc(F)c(CN(C4CC4)S(C)(=O)=O)c3)ccc2n1. The summed E-state index contributed by atoms with van der Waals surface area (Å²) in [6.45, 7) is 1.93.